The topological polar surface area (TPSA) is 37.8 Å². The van der Waals surface area contributed by atoms with Crippen molar-refractivity contribution in [1.29, 1.82) is 0 Å². The molecular weight excluding hydrogens is 302 g/mol. The van der Waals surface area contributed by atoms with Crippen molar-refractivity contribution in [3.05, 3.63) is 52.1 Å². The number of nitrogens with one attached hydrogen (secondary N) is 1. The highest BCUT2D eigenvalue weighted by molar-refractivity contribution is 7.98. The number of rotatable bonds is 4. The van der Waals surface area contributed by atoms with Crippen molar-refractivity contribution < 1.29 is 0 Å². The second-order valence-corrected chi connectivity index (χ2v) is 6.97. The average Bonchev–Trinajstić information content (AvgIpc) is 3.23. The number of nitrogens with zero attached hydrogens (tertiary/aromatic N) is 2. The predicted molar refractivity (Wildman–Crippen MR) is 85.6 cm³/mol. The molecule has 2 aromatic rings. The Bertz CT molecular complexity index is 685. The first kappa shape index (κ1) is 13.6. The van der Waals surface area contributed by atoms with E-state index in [-0.39, 0.29) is 0 Å². The summed E-state index contributed by atoms with van der Waals surface area (Å²) in [6.07, 6.45) is 2.56. The molecule has 108 valence electrons. The van der Waals surface area contributed by atoms with Crippen LogP contribution >= 0.6 is 23.4 Å². The minimum atomic E-state index is 0.672. The molecule has 1 saturated carbocycles. The number of fused-ring (bicyclic) bond motifs is 1. The maximum atomic E-state index is 6.20. The number of thioether (sulfide) groups is 1. The van der Waals surface area contributed by atoms with Gasteiger partial charge in [-0.25, -0.2) is 9.97 Å². The lowest BCUT2D eigenvalue weighted by Gasteiger charge is -2.09. The number of hydrogen-bond donors (Lipinski definition) is 1. The van der Waals surface area contributed by atoms with Crippen molar-refractivity contribution >= 4 is 23.4 Å². The third-order valence-electron chi connectivity index (χ3n) is 3.92. The van der Waals surface area contributed by atoms with Gasteiger partial charge in [0, 0.05) is 29.5 Å². The first-order valence-corrected chi connectivity index (χ1v) is 8.64. The molecule has 0 atom stereocenters. The monoisotopic (exact) mass is 317 g/mol. The van der Waals surface area contributed by atoms with Gasteiger partial charge >= 0.3 is 0 Å². The van der Waals surface area contributed by atoms with Gasteiger partial charge in [-0.1, -0.05) is 23.7 Å². The summed E-state index contributed by atoms with van der Waals surface area (Å²) in [5.41, 5.74) is 3.84. The molecule has 0 spiro atoms. The van der Waals surface area contributed by atoms with E-state index in [1.165, 1.54) is 29.8 Å². The summed E-state index contributed by atoms with van der Waals surface area (Å²) in [5.74, 6) is 2.38. The molecule has 0 amide bonds. The van der Waals surface area contributed by atoms with Crippen LogP contribution in [-0.2, 0) is 18.8 Å². The Hall–Kier alpha value is -1.10. The standard InChI is InChI=1S/C16H16ClN3S/c17-12-3-1-2-4-14(12)21-9-15-19-13-8-18-7-11(13)16(20-15)10-5-6-10/h1-4,10,18H,5-9H2. The molecule has 4 rings (SSSR count). The molecule has 0 unspecified atom stereocenters. The Labute approximate surface area is 133 Å². The molecule has 0 bridgehead atoms. The van der Waals surface area contributed by atoms with Crippen LogP contribution in [0, 0.1) is 0 Å². The molecule has 1 fully saturated rings. The van der Waals surface area contributed by atoms with E-state index in [0.717, 1.165) is 34.6 Å². The second-order valence-electron chi connectivity index (χ2n) is 5.55. The number of hydrogen-bond acceptors (Lipinski definition) is 4. The Morgan fingerprint density at radius 1 is 1.19 bits per heavy atom. The summed E-state index contributed by atoms with van der Waals surface area (Å²) in [6.45, 7) is 1.81. The van der Waals surface area contributed by atoms with Crippen LogP contribution in [0.15, 0.2) is 29.2 Å². The van der Waals surface area contributed by atoms with Crippen molar-refractivity contribution in [1.82, 2.24) is 15.3 Å². The zero-order chi connectivity index (χ0) is 14.2. The lowest BCUT2D eigenvalue weighted by molar-refractivity contribution is 0.755. The molecule has 1 aliphatic carbocycles. The Morgan fingerprint density at radius 2 is 2.05 bits per heavy atom. The fraction of sp³-hybridized carbons (Fsp3) is 0.375. The molecule has 21 heavy (non-hydrogen) atoms. The quantitative estimate of drug-likeness (QED) is 0.868. The van der Waals surface area contributed by atoms with E-state index >= 15 is 0 Å². The molecule has 2 aliphatic rings. The van der Waals surface area contributed by atoms with Gasteiger partial charge in [0.25, 0.3) is 0 Å². The van der Waals surface area contributed by atoms with Crippen LogP contribution in [0.1, 0.15) is 41.5 Å². The molecule has 1 aliphatic heterocycles. The summed E-state index contributed by atoms with van der Waals surface area (Å²) < 4.78 is 0. The van der Waals surface area contributed by atoms with Gasteiger partial charge in [0.15, 0.2) is 0 Å². The molecule has 0 radical (unpaired) electrons. The van der Waals surface area contributed by atoms with Crippen molar-refractivity contribution in [3.63, 3.8) is 0 Å². The minimum absolute atomic E-state index is 0.672. The summed E-state index contributed by atoms with van der Waals surface area (Å²) in [5, 5.41) is 4.19. The van der Waals surface area contributed by atoms with E-state index in [2.05, 4.69) is 5.32 Å². The summed E-state index contributed by atoms with van der Waals surface area (Å²) in [7, 11) is 0. The highest BCUT2D eigenvalue weighted by Crippen LogP contribution is 2.42. The molecular formula is C16H16ClN3S. The van der Waals surface area contributed by atoms with Gasteiger partial charge in [-0.3, -0.25) is 0 Å². The molecule has 1 aromatic carbocycles. The van der Waals surface area contributed by atoms with Crippen LogP contribution in [0.25, 0.3) is 0 Å². The number of halogens is 1. The van der Waals surface area contributed by atoms with Crippen molar-refractivity contribution in [2.75, 3.05) is 0 Å². The first-order valence-electron chi connectivity index (χ1n) is 7.28. The maximum absolute atomic E-state index is 6.20. The number of aromatic nitrogens is 2. The Kier molecular flexibility index (Phi) is 3.61. The van der Waals surface area contributed by atoms with Crippen molar-refractivity contribution in [2.45, 2.75) is 42.5 Å². The smallest absolute Gasteiger partial charge is 0.139 e. The fourth-order valence-electron chi connectivity index (χ4n) is 2.71. The summed E-state index contributed by atoms with van der Waals surface area (Å²) in [6, 6.07) is 7.93. The lowest BCUT2D eigenvalue weighted by Crippen LogP contribution is -2.04. The maximum Gasteiger partial charge on any atom is 0.139 e. The van der Waals surface area contributed by atoms with Gasteiger partial charge in [-0.15, -0.1) is 11.8 Å². The van der Waals surface area contributed by atoms with E-state index in [1.807, 2.05) is 24.3 Å². The van der Waals surface area contributed by atoms with Crippen LogP contribution in [0.5, 0.6) is 0 Å². The Balaban J connectivity index is 1.58. The fourth-order valence-corrected chi connectivity index (χ4v) is 3.80. The second kappa shape index (κ2) is 5.59. The van der Waals surface area contributed by atoms with E-state index in [1.54, 1.807) is 11.8 Å². The molecule has 1 aromatic heterocycles. The van der Waals surface area contributed by atoms with Crippen LogP contribution in [0.2, 0.25) is 5.02 Å². The van der Waals surface area contributed by atoms with Crippen LogP contribution in [0.4, 0.5) is 0 Å². The van der Waals surface area contributed by atoms with Gasteiger partial charge in [0.05, 0.1) is 22.2 Å². The zero-order valence-electron chi connectivity index (χ0n) is 11.6. The minimum Gasteiger partial charge on any atom is -0.307 e. The van der Waals surface area contributed by atoms with Crippen molar-refractivity contribution in [3.8, 4) is 0 Å². The van der Waals surface area contributed by atoms with Crippen LogP contribution < -0.4 is 5.32 Å². The number of benzene rings is 1. The lowest BCUT2D eigenvalue weighted by atomic mass is 10.1. The largest absolute Gasteiger partial charge is 0.307 e. The highest BCUT2D eigenvalue weighted by Gasteiger charge is 2.31. The van der Waals surface area contributed by atoms with E-state index < -0.39 is 0 Å². The predicted octanol–water partition coefficient (Wildman–Crippen LogP) is 3.90. The summed E-state index contributed by atoms with van der Waals surface area (Å²) >= 11 is 7.91. The van der Waals surface area contributed by atoms with Crippen LogP contribution in [0.3, 0.4) is 0 Å². The van der Waals surface area contributed by atoms with Gasteiger partial charge in [-0.05, 0) is 25.0 Å². The summed E-state index contributed by atoms with van der Waals surface area (Å²) in [4.78, 5) is 10.7. The molecule has 0 saturated heterocycles. The molecule has 2 heterocycles. The first-order chi connectivity index (χ1) is 10.3. The molecule has 3 nitrogen and oxygen atoms in total. The zero-order valence-corrected chi connectivity index (χ0v) is 13.2. The van der Waals surface area contributed by atoms with Crippen LogP contribution in [-0.4, -0.2) is 9.97 Å². The SMILES string of the molecule is Clc1ccccc1SCc1nc2c(c(C3CC3)n1)CNC2. The molecule has 1 N–H and O–H groups in total. The third kappa shape index (κ3) is 2.80. The van der Waals surface area contributed by atoms with Gasteiger partial charge in [0.1, 0.15) is 5.82 Å². The van der Waals surface area contributed by atoms with Gasteiger partial charge in [0.2, 0.25) is 0 Å². The highest BCUT2D eigenvalue weighted by atomic mass is 35.5. The van der Waals surface area contributed by atoms with Crippen molar-refractivity contribution in [2.24, 2.45) is 0 Å². The van der Waals surface area contributed by atoms with E-state index in [0.29, 0.717) is 5.92 Å². The van der Waals surface area contributed by atoms with Gasteiger partial charge in [-0.2, -0.15) is 0 Å². The van der Waals surface area contributed by atoms with E-state index in [9.17, 15) is 0 Å². The normalized spacial score (nSPS) is 17.0. The van der Waals surface area contributed by atoms with E-state index in [4.69, 9.17) is 21.6 Å². The Morgan fingerprint density at radius 3 is 2.86 bits per heavy atom. The third-order valence-corrected chi connectivity index (χ3v) is 5.43. The molecule has 5 heteroatoms. The average molecular weight is 318 g/mol. The van der Waals surface area contributed by atoms with Gasteiger partial charge < -0.3 is 5.32 Å².